The predicted octanol–water partition coefficient (Wildman–Crippen LogP) is 0.455. The number of hydrogen-bond acceptors (Lipinski definition) is 44. The number of hydrogen-bond donors (Lipinski definition) is 14. The number of nitrogens with zero attached hydrogens (tertiary/aromatic N) is 16. The second kappa shape index (κ2) is 37.6. The van der Waals surface area contributed by atoms with Crippen LogP contribution in [-0.2, 0) is 154 Å². The van der Waals surface area contributed by atoms with E-state index in [4.69, 9.17) is 176 Å². The van der Waals surface area contributed by atoms with Gasteiger partial charge in [0, 0.05) is 69.2 Å². The average molecular weight is 2020 g/mol. The number of imidazole rings is 4. The second-order valence-electron chi connectivity index (χ2n) is 29.6. The molecule has 6 saturated heterocycles. The number of nitrogen functional groups attached to an aromatic ring is 4. The molecule has 0 amide bonds. The Kier molecular flexibility index (Phi) is 27.8. The normalized spacial score (nSPS) is 29.1. The summed E-state index contributed by atoms with van der Waals surface area (Å²) in [6.07, 6.45) is -12.2. The van der Waals surface area contributed by atoms with Gasteiger partial charge in [-0.2, -0.15) is 9.97 Å². The molecule has 0 radical (unpaired) electrons. The quantitative estimate of drug-likeness (QED) is 0.0240. The van der Waals surface area contributed by atoms with Crippen molar-refractivity contribution in [2.45, 2.75) is 176 Å². The summed E-state index contributed by atoms with van der Waals surface area (Å²) in [5.74, 6) is -0.483. The minimum atomic E-state index is -4.70. The number of aromatic nitrogens is 20. The smallest absolute Gasteiger partial charge is 0.330 e. The number of nitrogens with one attached hydrogen (secondary N) is 4. The predicted molar refractivity (Wildman–Crippen MR) is 463 cm³/mol. The summed E-state index contributed by atoms with van der Waals surface area (Å²) in [7, 11) is 1.16. The third kappa shape index (κ3) is 21.0. The second-order valence-corrected chi connectivity index (χ2v) is 46.5. The maximum Gasteiger partial charge on any atom is 0.330 e. The number of H-pyrrole nitrogens is 4. The van der Waals surface area contributed by atoms with E-state index in [-0.39, 0.29) is 112 Å². The fourth-order valence-electron chi connectivity index (χ4n) is 15.1. The molecule has 16 rings (SSSR count). The van der Waals surface area contributed by atoms with Crippen LogP contribution in [-0.4, -0.2) is 240 Å². The van der Waals surface area contributed by atoms with Gasteiger partial charge in [0.15, 0.2) is 45.3 Å². The molecule has 10 aromatic heterocycles. The topological polar surface area (TPSA) is 716 Å². The Morgan fingerprint density at radius 2 is 0.641 bits per heavy atom. The molecular weight excluding hydrogens is 1940 g/mol. The Bertz CT molecular complexity index is 6610. The largest absolute Gasteiger partial charge is 0.382 e. The van der Waals surface area contributed by atoms with E-state index in [0.29, 0.717) is 12.1 Å². The van der Waals surface area contributed by atoms with Crippen molar-refractivity contribution >= 4 is 179 Å². The van der Waals surface area contributed by atoms with Gasteiger partial charge < -0.3 is 135 Å². The van der Waals surface area contributed by atoms with Gasteiger partial charge in [0.2, 0.25) is 11.9 Å². The average Bonchev–Trinajstić information content (AvgIpc) is 2.14. The monoisotopic (exact) mass is 2020 g/mol. The Morgan fingerprint density at radius 1 is 0.375 bits per heavy atom. The number of rotatable bonds is 35. The Labute approximate surface area is 747 Å². The van der Waals surface area contributed by atoms with Gasteiger partial charge >= 0.3 is 51.7 Å². The molecule has 0 bridgehead atoms. The lowest BCUT2D eigenvalue weighted by molar-refractivity contribution is -0.0559. The fourth-order valence-corrected chi connectivity index (χ4v) is 23.5. The first-order valence-corrected chi connectivity index (χ1v) is 53.8. The summed E-state index contributed by atoms with van der Waals surface area (Å²) in [5.41, 5.74) is 20.7. The van der Waals surface area contributed by atoms with Gasteiger partial charge in [-0.25, -0.2) is 49.5 Å². The van der Waals surface area contributed by atoms with E-state index in [1.165, 1.54) is 82.5 Å². The number of nitrogens with two attached hydrogens (primary N) is 4. The Hall–Kier alpha value is -6.70. The van der Waals surface area contributed by atoms with Crippen LogP contribution in [0.2, 0.25) is 0 Å². The van der Waals surface area contributed by atoms with Crippen molar-refractivity contribution in [1.29, 1.82) is 0 Å². The van der Waals surface area contributed by atoms with Gasteiger partial charge in [-0.05, 0) is 91.1 Å². The molecule has 128 heavy (non-hydrogen) atoms. The van der Waals surface area contributed by atoms with Crippen LogP contribution in [0.15, 0.2) is 79.1 Å². The van der Waals surface area contributed by atoms with Crippen LogP contribution in [0.4, 0.5) is 23.5 Å². The van der Waals surface area contributed by atoms with Crippen LogP contribution in [0.3, 0.4) is 0 Å². The van der Waals surface area contributed by atoms with E-state index in [1.54, 1.807) is 11.5 Å². The molecule has 0 aliphatic carbocycles. The zero-order valence-corrected chi connectivity index (χ0v) is 76.8. The standard InChI is InChI=1S/C62H80N24O30P6S6/c1-5-27-28(6-39(105-27)81-12-25(2)55(87)79-61(81)91)112-118(94,124)100-15-35-30(7-40(106-35)82-13-26(3)56(88)80-62(82)92)113-119(95,125)103-17-37-32(10-43(109-37)85-23-73-47-53(85)75-59(65)77-57(47)89)116-122(98,128)104-18-38-33(11-44(110-38)86-24-74-48-54(86)76-60(66)78-58(48)90)115-121(97,127)102-16-36-31(9-42(108-36)84-22-72-46-50(64)68-20-70-52(46)84)114-120(96,126)101-14-34-29(111-117(93,123)99-4)8-41(107-34)83-21-71-45-49(63)67-19-69-51(45)83/h12-13,19-24,27-44H,5-11,14-18H2,1-4H3,(H,93,123)(H,94,124)(H,95,125)(H,96,126)(H,97,127)(H,98,128)(H2,63,67,69)(H2,64,68,70)(H,79,87,91)(H,80,88,92)(H3,65,75,77,89)(H3,66,76,78,90)/t27-,28?,29?,30?,31?,32?,33?,34-,35-,36-,37-,38-,39-,40-,41-,42-,43-,44-,117?,118?,119?,120?,121?,122?/m1/s1. The van der Waals surface area contributed by atoms with Gasteiger partial charge in [0.1, 0.15) is 91.6 Å². The number of ether oxygens (including phenoxy) is 6. The molecule has 0 spiro atoms. The molecule has 54 nitrogen and oxygen atoms in total. The SMILES string of the molecule is CC[C@H]1O[C@@H](n2cc(C)c(=O)[nH]c2=O)CC1OP(O)(=S)OC[C@H]1O[C@@H](n2cc(C)c(=O)[nH]c2=O)CC1OP(O)(=S)OC[C@H]1O[C@@H](n2cnc3c(=O)[nH]c(N)nc32)CC1OP(O)(=S)OC[C@H]1O[C@@H](n2cnc3c(=O)[nH]c(N)nc32)CC1OP(O)(=S)OC[C@H]1O[C@@H](n2cnc3c(N)ncnc32)CC1OP(O)(=S)OC[C@H]1O[C@@H](n2cnc3c(N)ncnc32)CC1OP(O)(=S)OC. The lowest BCUT2D eigenvalue weighted by atomic mass is 10.1. The number of aryl methyl sites for hydroxylation is 2. The molecule has 12 unspecified atom stereocenters. The van der Waals surface area contributed by atoms with Crippen molar-refractivity contribution in [1.82, 2.24) is 97.2 Å². The van der Waals surface area contributed by atoms with Crippen LogP contribution in [0, 0.1) is 13.8 Å². The molecule has 18 N–H and O–H groups in total. The summed E-state index contributed by atoms with van der Waals surface area (Å²) in [6, 6.07) is 0. The van der Waals surface area contributed by atoms with Crippen molar-refractivity contribution in [2.24, 2.45) is 0 Å². The van der Waals surface area contributed by atoms with Crippen LogP contribution < -0.4 is 56.6 Å². The van der Waals surface area contributed by atoms with Gasteiger partial charge in [-0.1, -0.05) is 6.92 Å². The van der Waals surface area contributed by atoms with E-state index in [9.17, 15) is 58.1 Å². The first-order valence-electron chi connectivity index (χ1n) is 38.3. The van der Waals surface area contributed by atoms with Crippen molar-refractivity contribution in [2.75, 3.05) is 63.1 Å². The highest BCUT2D eigenvalue weighted by molar-refractivity contribution is 8.08. The van der Waals surface area contributed by atoms with E-state index >= 15 is 0 Å². The molecular formula is C62H80N24O30P6S6. The molecule has 0 saturated carbocycles. The zero-order chi connectivity index (χ0) is 91.2. The molecule has 10 aromatic rings. The Morgan fingerprint density at radius 3 is 0.938 bits per heavy atom. The zero-order valence-electron chi connectivity index (χ0n) is 66.6. The molecule has 6 aliphatic rings. The van der Waals surface area contributed by atoms with Crippen LogP contribution in [0.5, 0.6) is 0 Å². The van der Waals surface area contributed by atoms with E-state index in [1.807, 2.05) is 0 Å². The molecule has 6 fully saturated rings. The van der Waals surface area contributed by atoms with Crippen molar-refractivity contribution in [3.8, 4) is 0 Å². The lowest BCUT2D eigenvalue weighted by Crippen LogP contribution is -2.33. The highest BCUT2D eigenvalue weighted by Gasteiger charge is 2.51. The summed E-state index contributed by atoms with van der Waals surface area (Å²) in [5, 5.41) is 0. The molecule has 66 heteroatoms. The van der Waals surface area contributed by atoms with Gasteiger partial charge in [0.25, 0.3) is 22.2 Å². The van der Waals surface area contributed by atoms with Crippen molar-refractivity contribution in [3.05, 3.63) is 124 Å². The minimum absolute atomic E-state index is 0.00769. The maximum absolute atomic E-state index is 13.4. The Balaban J connectivity index is 0.622. The summed E-state index contributed by atoms with van der Waals surface area (Å²) >= 11 is 33.4. The van der Waals surface area contributed by atoms with E-state index < -0.39 is 218 Å². The minimum Gasteiger partial charge on any atom is -0.382 e. The first-order chi connectivity index (χ1) is 60.5. The van der Waals surface area contributed by atoms with Crippen LogP contribution in [0.25, 0.3) is 44.7 Å². The number of aromatic amines is 4. The highest BCUT2D eigenvalue weighted by atomic mass is 32.5. The first kappa shape index (κ1) is 94.5. The maximum atomic E-state index is 13.4. The van der Waals surface area contributed by atoms with Gasteiger partial charge in [-0.3, -0.25) is 66.5 Å². The molecule has 24 atom stereocenters. The third-order valence-electron chi connectivity index (χ3n) is 21.2. The van der Waals surface area contributed by atoms with E-state index in [0.717, 1.165) is 11.7 Å². The lowest BCUT2D eigenvalue weighted by Gasteiger charge is -2.28. The summed E-state index contributed by atoms with van der Waals surface area (Å²) < 4.78 is 118. The van der Waals surface area contributed by atoms with Gasteiger partial charge in [-0.15, -0.1) is 0 Å². The van der Waals surface area contributed by atoms with Gasteiger partial charge in [0.05, 0.1) is 101 Å². The fraction of sp³-hybridized carbons (Fsp3) is 0.548. The third-order valence-corrected chi connectivity index (χ3v) is 30.8. The molecule has 0 aromatic carbocycles. The number of fused-ring (bicyclic) bond motifs is 4. The van der Waals surface area contributed by atoms with Crippen LogP contribution >= 0.6 is 40.3 Å². The summed E-state index contributed by atoms with van der Waals surface area (Å²) in [4.78, 5) is 200. The van der Waals surface area contributed by atoms with Crippen LogP contribution in [0.1, 0.15) is 100 Å². The highest BCUT2D eigenvalue weighted by Crippen LogP contribution is 2.58. The molecule has 6 aliphatic heterocycles. The van der Waals surface area contributed by atoms with Crippen molar-refractivity contribution < 1.29 is 112 Å². The number of anilines is 4. The molecule has 694 valence electrons. The molecule has 16 heterocycles. The van der Waals surface area contributed by atoms with Crippen molar-refractivity contribution in [3.63, 3.8) is 0 Å². The summed E-state index contributed by atoms with van der Waals surface area (Å²) in [6.45, 7) is -25.4. The van der Waals surface area contributed by atoms with E-state index in [2.05, 4.69) is 69.8 Å².